The highest BCUT2D eigenvalue weighted by atomic mass is 32.1. The molecule has 2 amide bonds. The van der Waals surface area contributed by atoms with Crippen LogP contribution >= 0.6 is 11.3 Å². The lowest BCUT2D eigenvalue weighted by atomic mass is 10.1. The molecule has 5 nitrogen and oxygen atoms in total. The molecule has 6 heteroatoms. The van der Waals surface area contributed by atoms with Gasteiger partial charge in [0.15, 0.2) is 0 Å². The van der Waals surface area contributed by atoms with Crippen molar-refractivity contribution >= 4 is 33.2 Å². The Kier molecular flexibility index (Phi) is 4.37. The standard InChI is InChI=1S/C17H21N3O2S/c1-10(2)19-16(21)13-8-12(18)9-20(13)17(22)15-7-11-5-3-4-6-14(11)23-15/h3-7,10,12-13H,8-9,18H2,1-2H3,(H,19,21)/t12-,13+/m1/s1. The van der Waals surface area contributed by atoms with Crippen molar-refractivity contribution < 1.29 is 9.59 Å². The summed E-state index contributed by atoms with van der Waals surface area (Å²) in [5.41, 5.74) is 6.00. The van der Waals surface area contributed by atoms with Crippen molar-refractivity contribution in [3.63, 3.8) is 0 Å². The Morgan fingerprint density at radius 3 is 2.78 bits per heavy atom. The number of likely N-dealkylation sites (tertiary alicyclic amines) is 1. The third-order valence-corrected chi connectivity index (χ3v) is 5.07. The molecule has 1 aliphatic heterocycles. The number of amides is 2. The lowest BCUT2D eigenvalue weighted by molar-refractivity contribution is -0.125. The molecule has 1 aliphatic rings. The van der Waals surface area contributed by atoms with Crippen LogP contribution in [0.1, 0.15) is 29.9 Å². The van der Waals surface area contributed by atoms with Gasteiger partial charge in [0.25, 0.3) is 5.91 Å². The van der Waals surface area contributed by atoms with Crippen molar-refractivity contribution in [1.82, 2.24) is 10.2 Å². The van der Waals surface area contributed by atoms with Gasteiger partial charge in [0.2, 0.25) is 5.91 Å². The zero-order chi connectivity index (χ0) is 16.6. The predicted octanol–water partition coefficient (Wildman–Crippen LogP) is 1.97. The van der Waals surface area contributed by atoms with Crippen LogP contribution in [-0.4, -0.2) is 41.4 Å². The molecule has 23 heavy (non-hydrogen) atoms. The highest BCUT2D eigenvalue weighted by Gasteiger charge is 2.39. The van der Waals surface area contributed by atoms with E-state index in [-0.39, 0.29) is 23.9 Å². The second-order valence-electron chi connectivity index (χ2n) is 6.28. The van der Waals surface area contributed by atoms with E-state index in [1.165, 1.54) is 11.3 Å². The number of carbonyl (C=O) groups excluding carboxylic acids is 2. The number of rotatable bonds is 3. The lowest BCUT2D eigenvalue weighted by Gasteiger charge is -2.24. The molecule has 0 saturated carbocycles. The third-order valence-electron chi connectivity index (χ3n) is 3.96. The smallest absolute Gasteiger partial charge is 0.264 e. The Morgan fingerprint density at radius 1 is 1.35 bits per heavy atom. The summed E-state index contributed by atoms with van der Waals surface area (Å²) >= 11 is 1.46. The molecule has 0 bridgehead atoms. The van der Waals surface area contributed by atoms with Gasteiger partial charge in [0, 0.05) is 23.3 Å². The zero-order valence-corrected chi connectivity index (χ0v) is 14.1. The summed E-state index contributed by atoms with van der Waals surface area (Å²) in [6.07, 6.45) is 0.509. The van der Waals surface area contributed by atoms with Gasteiger partial charge in [0.05, 0.1) is 4.88 Å². The maximum Gasteiger partial charge on any atom is 0.264 e. The van der Waals surface area contributed by atoms with E-state index in [0.717, 1.165) is 10.1 Å². The van der Waals surface area contributed by atoms with E-state index in [0.29, 0.717) is 17.8 Å². The van der Waals surface area contributed by atoms with Crippen LogP contribution in [0.15, 0.2) is 30.3 Å². The molecule has 1 aromatic carbocycles. The Balaban J connectivity index is 1.85. The second-order valence-corrected chi connectivity index (χ2v) is 7.36. The molecule has 0 unspecified atom stereocenters. The Morgan fingerprint density at radius 2 is 2.09 bits per heavy atom. The topological polar surface area (TPSA) is 75.4 Å². The molecule has 3 rings (SSSR count). The van der Waals surface area contributed by atoms with E-state index in [1.54, 1.807) is 4.90 Å². The molecule has 0 radical (unpaired) electrons. The largest absolute Gasteiger partial charge is 0.352 e. The third kappa shape index (κ3) is 3.23. The predicted molar refractivity (Wildman–Crippen MR) is 92.5 cm³/mol. The highest BCUT2D eigenvalue weighted by molar-refractivity contribution is 7.20. The SMILES string of the molecule is CC(C)NC(=O)[C@@H]1C[C@@H](N)CN1C(=O)c1cc2ccccc2s1. The van der Waals surface area contributed by atoms with Gasteiger partial charge in [-0.1, -0.05) is 18.2 Å². The molecule has 0 spiro atoms. The van der Waals surface area contributed by atoms with E-state index < -0.39 is 6.04 Å². The average molecular weight is 331 g/mol. The van der Waals surface area contributed by atoms with Crippen molar-refractivity contribution in [3.8, 4) is 0 Å². The van der Waals surface area contributed by atoms with Gasteiger partial charge in [0.1, 0.15) is 6.04 Å². The minimum Gasteiger partial charge on any atom is -0.352 e. The van der Waals surface area contributed by atoms with E-state index in [1.807, 2.05) is 44.2 Å². The number of nitrogens with one attached hydrogen (secondary N) is 1. The molecule has 1 saturated heterocycles. The van der Waals surface area contributed by atoms with Crippen molar-refractivity contribution in [2.24, 2.45) is 5.73 Å². The lowest BCUT2D eigenvalue weighted by Crippen LogP contribution is -2.47. The molecular weight excluding hydrogens is 310 g/mol. The van der Waals surface area contributed by atoms with E-state index in [2.05, 4.69) is 5.32 Å². The number of fused-ring (bicyclic) bond motifs is 1. The first-order valence-corrected chi connectivity index (χ1v) is 8.63. The minimum absolute atomic E-state index is 0.0422. The number of hydrogen-bond acceptors (Lipinski definition) is 4. The van der Waals surface area contributed by atoms with Crippen LogP contribution < -0.4 is 11.1 Å². The van der Waals surface area contributed by atoms with Crippen LogP contribution in [0.4, 0.5) is 0 Å². The quantitative estimate of drug-likeness (QED) is 0.903. The average Bonchev–Trinajstić information content (AvgIpc) is 3.09. The van der Waals surface area contributed by atoms with E-state index in [9.17, 15) is 9.59 Å². The molecule has 122 valence electrons. The summed E-state index contributed by atoms with van der Waals surface area (Å²) in [6, 6.07) is 9.19. The van der Waals surface area contributed by atoms with Crippen LogP contribution in [0.5, 0.6) is 0 Å². The first-order chi connectivity index (χ1) is 11.0. The van der Waals surface area contributed by atoms with Crippen molar-refractivity contribution in [2.75, 3.05) is 6.54 Å². The molecule has 0 aliphatic carbocycles. The Hall–Kier alpha value is -1.92. The number of nitrogens with zero attached hydrogens (tertiary/aromatic N) is 1. The maximum absolute atomic E-state index is 12.9. The summed E-state index contributed by atoms with van der Waals surface area (Å²) in [4.78, 5) is 27.5. The maximum atomic E-state index is 12.9. The molecule has 2 heterocycles. The monoisotopic (exact) mass is 331 g/mol. The summed E-state index contributed by atoms with van der Waals surface area (Å²) in [7, 11) is 0. The van der Waals surface area contributed by atoms with Crippen molar-refractivity contribution in [3.05, 3.63) is 35.2 Å². The summed E-state index contributed by atoms with van der Waals surface area (Å²) in [5.74, 6) is -0.231. The molecule has 1 aromatic heterocycles. The fraction of sp³-hybridized carbons (Fsp3) is 0.412. The number of hydrogen-bond donors (Lipinski definition) is 2. The molecule has 3 N–H and O–H groups in total. The fourth-order valence-corrected chi connectivity index (χ4v) is 3.97. The van der Waals surface area contributed by atoms with Crippen LogP contribution in [0.2, 0.25) is 0 Å². The van der Waals surface area contributed by atoms with Crippen molar-refractivity contribution in [2.45, 2.75) is 38.4 Å². The van der Waals surface area contributed by atoms with Gasteiger partial charge in [-0.05, 0) is 37.8 Å². The number of carbonyl (C=O) groups is 2. The Labute approximate surface area is 139 Å². The first kappa shape index (κ1) is 16.0. The van der Waals surface area contributed by atoms with Gasteiger partial charge in [-0.15, -0.1) is 11.3 Å². The Bertz CT molecular complexity index is 707. The zero-order valence-electron chi connectivity index (χ0n) is 13.3. The van der Waals surface area contributed by atoms with E-state index >= 15 is 0 Å². The van der Waals surface area contributed by atoms with Crippen LogP contribution in [0.25, 0.3) is 10.1 Å². The van der Waals surface area contributed by atoms with Crippen molar-refractivity contribution in [1.29, 1.82) is 0 Å². The summed E-state index contributed by atoms with van der Waals surface area (Å²) in [6.45, 7) is 4.24. The fourth-order valence-electron chi connectivity index (χ4n) is 2.95. The first-order valence-electron chi connectivity index (χ1n) is 7.81. The normalized spacial score (nSPS) is 21.1. The molecule has 2 atom stereocenters. The number of benzene rings is 1. The molecule has 1 fully saturated rings. The van der Waals surface area contributed by atoms with Crippen LogP contribution in [-0.2, 0) is 4.79 Å². The summed E-state index contributed by atoms with van der Waals surface area (Å²) < 4.78 is 1.07. The van der Waals surface area contributed by atoms with Gasteiger partial charge in [-0.25, -0.2) is 0 Å². The van der Waals surface area contributed by atoms with Gasteiger partial charge in [-0.3, -0.25) is 9.59 Å². The van der Waals surface area contributed by atoms with Gasteiger partial charge >= 0.3 is 0 Å². The minimum atomic E-state index is -0.481. The molecular formula is C17H21N3O2S. The highest BCUT2D eigenvalue weighted by Crippen LogP contribution is 2.28. The van der Waals surface area contributed by atoms with Gasteiger partial charge < -0.3 is 16.0 Å². The van der Waals surface area contributed by atoms with Gasteiger partial charge in [-0.2, -0.15) is 0 Å². The number of thiophene rings is 1. The number of nitrogens with two attached hydrogens (primary N) is 1. The second kappa shape index (κ2) is 6.29. The van der Waals surface area contributed by atoms with E-state index in [4.69, 9.17) is 5.73 Å². The summed E-state index contributed by atoms with van der Waals surface area (Å²) in [5, 5.41) is 3.93. The molecule has 2 aromatic rings. The van der Waals surface area contributed by atoms with Crippen LogP contribution in [0, 0.1) is 0 Å². The van der Waals surface area contributed by atoms with Crippen LogP contribution in [0.3, 0.4) is 0 Å².